The van der Waals surface area contributed by atoms with Crippen LogP contribution in [-0.4, -0.2) is 16.5 Å². The van der Waals surface area contributed by atoms with Crippen molar-refractivity contribution in [3.63, 3.8) is 0 Å². The molecule has 0 fully saturated rings. The van der Waals surface area contributed by atoms with E-state index in [1.807, 2.05) is 42.5 Å². The molecule has 0 aliphatic rings. The number of fused-ring (bicyclic) bond motifs is 1. The van der Waals surface area contributed by atoms with E-state index in [1.165, 1.54) is 29.0 Å². The van der Waals surface area contributed by atoms with E-state index in [0.717, 1.165) is 24.5 Å². The fourth-order valence-corrected chi connectivity index (χ4v) is 3.90. The standard InChI is InChI=1S/C22H19N5O2S/c1-2-26(15-16-6-4-3-5-7-16)18-10-8-17(9-11-18)24-25-22-23-20-13-12-19(27(28)29)14-21(20)30-22/h3-14H,2,15H2,1H3. The molecule has 0 saturated carbocycles. The van der Waals surface area contributed by atoms with Crippen molar-refractivity contribution in [3.05, 3.63) is 88.5 Å². The first-order valence-corrected chi connectivity index (χ1v) is 10.3. The Morgan fingerprint density at radius 2 is 1.80 bits per heavy atom. The molecule has 30 heavy (non-hydrogen) atoms. The number of hydrogen-bond donors (Lipinski definition) is 0. The lowest BCUT2D eigenvalue weighted by Gasteiger charge is -2.23. The molecule has 150 valence electrons. The third-order valence-corrected chi connectivity index (χ3v) is 5.54. The van der Waals surface area contributed by atoms with Crippen LogP contribution in [-0.2, 0) is 6.54 Å². The summed E-state index contributed by atoms with van der Waals surface area (Å²) in [7, 11) is 0. The first kappa shape index (κ1) is 19.7. The topological polar surface area (TPSA) is 84.0 Å². The molecule has 8 heteroatoms. The molecule has 0 radical (unpaired) electrons. The van der Waals surface area contributed by atoms with Gasteiger partial charge in [-0.15, -0.1) is 10.2 Å². The second kappa shape index (κ2) is 8.79. The lowest BCUT2D eigenvalue weighted by Crippen LogP contribution is -2.21. The fraction of sp³-hybridized carbons (Fsp3) is 0.136. The molecule has 1 heterocycles. The molecule has 7 nitrogen and oxygen atoms in total. The van der Waals surface area contributed by atoms with Gasteiger partial charge in [0.05, 0.1) is 20.8 Å². The number of thiazole rings is 1. The number of aromatic nitrogens is 1. The number of non-ortho nitro benzene ring substituents is 1. The van der Waals surface area contributed by atoms with E-state index in [2.05, 4.69) is 39.2 Å². The quantitative estimate of drug-likeness (QED) is 0.191. The number of nitro benzene ring substituents is 1. The van der Waals surface area contributed by atoms with Crippen molar-refractivity contribution in [2.45, 2.75) is 13.5 Å². The van der Waals surface area contributed by atoms with Gasteiger partial charge >= 0.3 is 0 Å². The van der Waals surface area contributed by atoms with Crippen molar-refractivity contribution in [2.24, 2.45) is 10.2 Å². The molecule has 0 aliphatic heterocycles. The van der Waals surface area contributed by atoms with Gasteiger partial charge in [0, 0.05) is 30.9 Å². The predicted octanol–water partition coefficient (Wildman–Crippen LogP) is 6.65. The van der Waals surface area contributed by atoms with Crippen LogP contribution in [0.15, 0.2) is 83.0 Å². The molecule has 4 rings (SSSR count). The summed E-state index contributed by atoms with van der Waals surface area (Å²) < 4.78 is 0.716. The number of azo groups is 1. The van der Waals surface area contributed by atoms with Crippen LogP contribution in [0.5, 0.6) is 0 Å². The number of benzene rings is 3. The van der Waals surface area contributed by atoms with E-state index >= 15 is 0 Å². The number of anilines is 1. The maximum atomic E-state index is 10.9. The molecule has 0 atom stereocenters. The van der Waals surface area contributed by atoms with Gasteiger partial charge in [0.1, 0.15) is 0 Å². The van der Waals surface area contributed by atoms with E-state index in [0.29, 0.717) is 15.3 Å². The van der Waals surface area contributed by atoms with Crippen LogP contribution in [0, 0.1) is 10.1 Å². The average Bonchev–Trinajstić information content (AvgIpc) is 3.19. The van der Waals surface area contributed by atoms with Gasteiger partial charge in [-0.25, -0.2) is 4.98 Å². The molecule has 0 saturated heterocycles. The molecule has 0 aliphatic carbocycles. The van der Waals surface area contributed by atoms with Crippen molar-refractivity contribution < 1.29 is 4.92 Å². The molecule has 1 aromatic heterocycles. The summed E-state index contributed by atoms with van der Waals surface area (Å²) >= 11 is 1.28. The third-order valence-electron chi connectivity index (χ3n) is 4.64. The Labute approximate surface area is 177 Å². The van der Waals surface area contributed by atoms with Crippen LogP contribution in [0.25, 0.3) is 10.2 Å². The zero-order valence-electron chi connectivity index (χ0n) is 16.3. The van der Waals surface area contributed by atoms with E-state index in [1.54, 1.807) is 6.07 Å². The highest BCUT2D eigenvalue weighted by Gasteiger charge is 2.10. The second-order valence-electron chi connectivity index (χ2n) is 6.62. The second-order valence-corrected chi connectivity index (χ2v) is 7.63. The SMILES string of the molecule is CCN(Cc1ccccc1)c1ccc(N=Nc2nc3ccc([N+](=O)[O-])cc3s2)cc1. The smallest absolute Gasteiger partial charge is 0.270 e. The summed E-state index contributed by atoms with van der Waals surface area (Å²) in [6.07, 6.45) is 0. The zero-order valence-corrected chi connectivity index (χ0v) is 17.1. The monoisotopic (exact) mass is 417 g/mol. The Bertz CT molecular complexity index is 1190. The fourth-order valence-electron chi connectivity index (χ4n) is 3.08. The molecule has 0 N–H and O–H groups in total. The number of nitro groups is 1. The summed E-state index contributed by atoms with van der Waals surface area (Å²) in [6.45, 7) is 3.87. The summed E-state index contributed by atoms with van der Waals surface area (Å²) in [5.41, 5.74) is 3.82. The molecular formula is C22H19N5O2S. The number of hydrogen-bond acceptors (Lipinski definition) is 7. The van der Waals surface area contributed by atoms with Crippen LogP contribution < -0.4 is 4.90 Å². The van der Waals surface area contributed by atoms with Crippen LogP contribution in [0.2, 0.25) is 0 Å². The average molecular weight is 417 g/mol. The minimum atomic E-state index is -0.417. The van der Waals surface area contributed by atoms with Crippen LogP contribution >= 0.6 is 11.3 Å². The van der Waals surface area contributed by atoms with E-state index < -0.39 is 4.92 Å². The van der Waals surface area contributed by atoms with Crippen molar-refractivity contribution in [1.82, 2.24) is 4.98 Å². The Hall–Kier alpha value is -3.65. The van der Waals surface area contributed by atoms with E-state index in [-0.39, 0.29) is 5.69 Å². The van der Waals surface area contributed by atoms with Gasteiger partial charge in [-0.3, -0.25) is 10.1 Å². The molecular weight excluding hydrogens is 398 g/mol. The predicted molar refractivity (Wildman–Crippen MR) is 120 cm³/mol. The van der Waals surface area contributed by atoms with Crippen molar-refractivity contribution >= 4 is 43.7 Å². The first-order valence-electron chi connectivity index (χ1n) is 9.48. The van der Waals surface area contributed by atoms with E-state index in [4.69, 9.17) is 0 Å². The Morgan fingerprint density at radius 3 is 2.50 bits per heavy atom. The van der Waals surface area contributed by atoms with Gasteiger partial charge in [-0.05, 0) is 42.8 Å². The van der Waals surface area contributed by atoms with E-state index in [9.17, 15) is 10.1 Å². The molecule has 3 aromatic carbocycles. The largest absolute Gasteiger partial charge is 0.367 e. The molecule has 0 amide bonds. The van der Waals surface area contributed by atoms with Crippen LogP contribution in [0.1, 0.15) is 12.5 Å². The maximum absolute atomic E-state index is 10.9. The van der Waals surface area contributed by atoms with Gasteiger partial charge in [0.25, 0.3) is 5.69 Å². The van der Waals surface area contributed by atoms with Crippen molar-refractivity contribution in [1.29, 1.82) is 0 Å². The van der Waals surface area contributed by atoms with Gasteiger partial charge < -0.3 is 4.90 Å². The Balaban J connectivity index is 1.48. The normalized spacial score (nSPS) is 11.2. The van der Waals surface area contributed by atoms with Gasteiger partial charge in [0.2, 0.25) is 5.13 Å². The lowest BCUT2D eigenvalue weighted by molar-refractivity contribution is -0.384. The van der Waals surface area contributed by atoms with Crippen LogP contribution in [0.4, 0.5) is 22.2 Å². The number of rotatable bonds is 7. The molecule has 0 bridgehead atoms. The highest BCUT2D eigenvalue weighted by atomic mass is 32.1. The van der Waals surface area contributed by atoms with Gasteiger partial charge in [-0.2, -0.15) is 0 Å². The minimum Gasteiger partial charge on any atom is -0.367 e. The number of nitrogens with zero attached hydrogens (tertiary/aromatic N) is 5. The van der Waals surface area contributed by atoms with Crippen molar-refractivity contribution in [3.8, 4) is 0 Å². The minimum absolute atomic E-state index is 0.0428. The summed E-state index contributed by atoms with van der Waals surface area (Å²) in [5, 5.41) is 19.8. The van der Waals surface area contributed by atoms with Gasteiger partial charge in [0.15, 0.2) is 0 Å². The zero-order chi connectivity index (χ0) is 20.9. The van der Waals surface area contributed by atoms with Crippen LogP contribution in [0.3, 0.4) is 0 Å². The van der Waals surface area contributed by atoms with Crippen molar-refractivity contribution in [2.75, 3.05) is 11.4 Å². The summed E-state index contributed by atoms with van der Waals surface area (Å²) in [6, 6.07) is 22.8. The molecule has 0 spiro atoms. The lowest BCUT2D eigenvalue weighted by atomic mass is 10.2. The Kier molecular flexibility index (Phi) is 5.76. The molecule has 4 aromatic rings. The highest BCUT2D eigenvalue weighted by molar-refractivity contribution is 7.21. The molecule has 0 unspecified atom stereocenters. The Morgan fingerprint density at radius 1 is 1.03 bits per heavy atom. The summed E-state index contributed by atoms with van der Waals surface area (Å²) in [4.78, 5) is 17.1. The maximum Gasteiger partial charge on any atom is 0.270 e. The third kappa shape index (κ3) is 4.49. The summed E-state index contributed by atoms with van der Waals surface area (Å²) in [5.74, 6) is 0. The highest BCUT2D eigenvalue weighted by Crippen LogP contribution is 2.32. The van der Waals surface area contributed by atoms with Gasteiger partial charge in [-0.1, -0.05) is 41.7 Å². The first-order chi connectivity index (χ1) is 14.6.